The number of para-hydroxylation sites is 3. The van der Waals surface area contributed by atoms with Crippen molar-refractivity contribution in [2.45, 2.75) is 26.2 Å². The minimum Gasteiger partial charge on any atom is -0.370 e. The van der Waals surface area contributed by atoms with Gasteiger partial charge in [0, 0.05) is 16.3 Å². The number of rotatable bonds is 5. The maximum atomic E-state index is 6.03. The van der Waals surface area contributed by atoms with Gasteiger partial charge in [-0.1, -0.05) is 244 Å². The number of aromatic nitrogens is 4. The van der Waals surface area contributed by atoms with Crippen LogP contribution in [0.15, 0.2) is 243 Å². The van der Waals surface area contributed by atoms with Crippen molar-refractivity contribution in [3.05, 3.63) is 255 Å². The lowest BCUT2D eigenvalue weighted by atomic mass is 9.49. The van der Waals surface area contributed by atoms with E-state index in [0.717, 1.165) is 66.9 Å². The van der Waals surface area contributed by atoms with Gasteiger partial charge in [-0.05, 0) is 78.5 Å². The Morgan fingerprint density at radius 1 is 0.471 bits per heavy atom. The van der Waals surface area contributed by atoms with E-state index in [4.69, 9.17) is 4.98 Å². The van der Waals surface area contributed by atoms with E-state index >= 15 is 0 Å². The second-order valence-electron chi connectivity index (χ2n) is 19.7. The van der Waals surface area contributed by atoms with E-state index in [-0.39, 0.29) is 5.41 Å². The van der Waals surface area contributed by atoms with Crippen molar-refractivity contribution in [2.75, 3.05) is 0 Å². The zero-order valence-corrected chi connectivity index (χ0v) is 40.5. The second-order valence-corrected chi connectivity index (χ2v) is 23.5. The molecule has 0 spiro atoms. The summed E-state index contributed by atoms with van der Waals surface area (Å²) >= 11 is 0. The van der Waals surface area contributed by atoms with E-state index in [1.165, 1.54) is 37.1 Å². The summed E-state index contributed by atoms with van der Waals surface area (Å²) < 4.78 is 7.13. The SMILES string of the molecule is CC(C)(C)c1cc2nc(c1)-n1c3ccccc3c3ccc(cc31)[Si](c1ccccc1)(c1ccccc1)c1cccc(c1)-n1[c-][n+](c3ccccc31)B2c1c(-c2ccccc2)cccc1-c1ccccc1. The smallest absolute Gasteiger partial charge is 0.370 e. The molecule has 3 aromatic heterocycles. The van der Waals surface area contributed by atoms with Crippen molar-refractivity contribution in [3.8, 4) is 33.8 Å². The minimum atomic E-state index is -3.07. The van der Waals surface area contributed by atoms with E-state index in [2.05, 4.69) is 283 Å². The molecule has 0 atom stereocenters. The van der Waals surface area contributed by atoms with Crippen molar-refractivity contribution < 1.29 is 4.48 Å². The first-order valence-electron chi connectivity index (χ1n) is 24.3. The molecule has 4 heterocycles. The molecule has 13 rings (SSSR count). The first kappa shape index (κ1) is 41.8. The molecule has 332 valence electrons. The van der Waals surface area contributed by atoms with E-state index in [1.54, 1.807) is 0 Å². The van der Waals surface area contributed by atoms with Crippen LogP contribution in [0, 0.1) is 6.33 Å². The topological polar surface area (TPSA) is 26.6 Å². The summed E-state index contributed by atoms with van der Waals surface area (Å²) in [4.78, 5) is 6.03. The lowest BCUT2D eigenvalue weighted by Crippen LogP contribution is -2.74. The molecule has 1 aliphatic rings. The van der Waals surface area contributed by atoms with E-state index < -0.39 is 14.9 Å². The molecule has 70 heavy (non-hydrogen) atoms. The van der Waals surface area contributed by atoms with Crippen LogP contribution in [0.3, 0.4) is 0 Å². The Bertz CT molecular complexity index is 3830. The molecule has 12 aromatic rings. The molecule has 9 aromatic carbocycles. The van der Waals surface area contributed by atoms with E-state index in [1.807, 2.05) is 0 Å². The van der Waals surface area contributed by atoms with Crippen LogP contribution in [0.4, 0.5) is 0 Å². The summed E-state index contributed by atoms with van der Waals surface area (Å²) in [5.41, 5.74) is 13.1. The third-order valence-corrected chi connectivity index (χ3v) is 19.4. The number of hydrogen-bond acceptors (Lipinski definition) is 1. The average Bonchev–Trinajstić information content (AvgIpc) is 3.96. The molecule has 0 saturated heterocycles. The molecule has 0 radical (unpaired) electrons. The molecule has 8 bridgehead atoms. The highest BCUT2D eigenvalue weighted by Gasteiger charge is 2.43. The molecule has 6 heteroatoms. The van der Waals surface area contributed by atoms with Crippen LogP contribution in [-0.4, -0.2) is 29.0 Å². The van der Waals surface area contributed by atoms with Gasteiger partial charge in [0.15, 0.2) is 8.07 Å². The standard InChI is InChI=1S/C64H49BN4Si/c1-64(2,3)47-40-61-65(63-53(45-22-8-4-9-23-45)33-21-34-54(63)46-24-10-5-11-25-46)68-44-67(58-36-18-19-37-59(58)68)48-26-20-31-51(42-48)70(49-27-12-6-13-28-49,50-29-14-7-15-30-50)52-38-39-56-55-32-16-17-35-57(55)69(60(56)43-52)62(41-47)66-61/h4-43H,1-3H3. The number of benzene rings is 9. The average molecular weight is 913 g/mol. The third-order valence-electron chi connectivity index (χ3n) is 14.7. The molecule has 0 amide bonds. The molecule has 4 nitrogen and oxygen atoms in total. The number of pyridine rings is 1. The van der Waals surface area contributed by atoms with Gasteiger partial charge >= 0.3 is 6.85 Å². The highest BCUT2D eigenvalue weighted by Crippen LogP contribution is 2.34. The van der Waals surface area contributed by atoms with Gasteiger partial charge in [-0.2, -0.15) is 0 Å². The van der Waals surface area contributed by atoms with Gasteiger partial charge in [0.1, 0.15) is 5.82 Å². The zero-order chi connectivity index (χ0) is 47.0. The Morgan fingerprint density at radius 2 is 1.01 bits per heavy atom. The Hall–Kier alpha value is -8.32. The van der Waals surface area contributed by atoms with Gasteiger partial charge in [0.25, 0.3) is 0 Å². The number of hydrogen-bond donors (Lipinski definition) is 0. The van der Waals surface area contributed by atoms with Crippen molar-refractivity contribution in [1.82, 2.24) is 14.1 Å². The summed E-state index contributed by atoms with van der Waals surface area (Å²) in [6, 6.07) is 90.1. The molecule has 0 fully saturated rings. The molecule has 0 aliphatic carbocycles. The van der Waals surface area contributed by atoms with Crippen LogP contribution in [0.5, 0.6) is 0 Å². The zero-order valence-electron chi connectivity index (χ0n) is 39.5. The van der Waals surface area contributed by atoms with Crippen LogP contribution in [0.1, 0.15) is 26.3 Å². The minimum absolute atomic E-state index is 0.227. The van der Waals surface area contributed by atoms with Crippen molar-refractivity contribution in [2.24, 2.45) is 0 Å². The fourth-order valence-corrected chi connectivity index (χ4v) is 16.2. The van der Waals surface area contributed by atoms with Crippen molar-refractivity contribution in [1.29, 1.82) is 0 Å². The summed E-state index contributed by atoms with van der Waals surface area (Å²) in [5.74, 6) is 0.890. The third kappa shape index (κ3) is 6.58. The van der Waals surface area contributed by atoms with Gasteiger partial charge in [0.2, 0.25) is 6.33 Å². The summed E-state index contributed by atoms with van der Waals surface area (Å²) in [6.45, 7) is 6.53. The Morgan fingerprint density at radius 3 is 1.67 bits per heavy atom. The van der Waals surface area contributed by atoms with E-state index in [9.17, 15) is 0 Å². The molecular formula is C64H49BN4Si. The van der Waals surface area contributed by atoms with Gasteiger partial charge in [0.05, 0.1) is 27.8 Å². The highest BCUT2D eigenvalue weighted by atomic mass is 28.3. The van der Waals surface area contributed by atoms with Crippen LogP contribution in [0.25, 0.3) is 66.6 Å². The Labute approximate surface area is 410 Å². The van der Waals surface area contributed by atoms with Gasteiger partial charge in [-0.25, -0.2) is 4.98 Å². The second kappa shape index (κ2) is 16.4. The predicted molar refractivity (Wildman–Crippen MR) is 294 cm³/mol. The van der Waals surface area contributed by atoms with Crippen LogP contribution < -0.4 is 36.3 Å². The number of imidazole rings is 1. The fraction of sp³-hybridized carbons (Fsp3) is 0.0625. The van der Waals surface area contributed by atoms with Gasteiger partial charge in [-0.15, -0.1) is 0 Å². The molecule has 0 saturated carbocycles. The molecule has 1 aliphatic heterocycles. The monoisotopic (exact) mass is 912 g/mol. The van der Waals surface area contributed by atoms with E-state index in [0.29, 0.717) is 0 Å². The molecule has 0 N–H and O–H groups in total. The first-order valence-corrected chi connectivity index (χ1v) is 26.3. The maximum absolute atomic E-state index is 6.03. The summed E-state index contributed by atoms with van der Waals surface area (Å²) in [7, 11) is -3.07. The molecule has 0 unspecified atom stereocenters. The van der Waals surface area contributed by atoms with Crippen LogP contribution >= 0.6 is 0 Å². The van der Waals surface area contributed by atoms with Crippen LogP contribution in [0.2, 0.25) is 0 Å². The maximum Gasteiger partial charge on any atom is 0.449 e. The van der Waals surface area contributed by atoms with Crippen molar-refractivity contribution in [3.63, 3.8) is 0 Å². The normalized spacial score (nSPS) is 13.2. The highest BCUT2D eigenvalue weighted by molar-refractivity contribution is 7.20. The largest absolute Gasteiger partial charge is 0.449 e. The van der Waals surface area contributed by atoms with Crippen molar-refractivity contribution >= 4 is 79.6 Å². The number of fused-ring (bicyclic) bond motifs is 15. The predicted octanol–water partition coefficient (Wildman–Crippen LogP) is 10.2. The van der Waals surface area contributed by atoms with Gasteiger partial charge < -0.3 is 9.05 Å². The number of nitrogens with zero attached hydrogens (tertiary/aromatic N) is 4. The Kier molecular flexibility index (Phi) is 9.82. The summed E-state index contributed by atoms with van der Waals surface area (Å²) in [6.07, 6.45) is 4.10. The fourth-order valence-electron chi connectivity index (χ4n) is 11.4. The van der Waals surface area contributed by atoms with Gasteiger partial charge in [-0.3, -0.25) is 4.57 Å². The molecular weight excluding hydrogens is 864 g/mol. The quantitative estimate of drug-likeness (QED) is 0.125. The lowest BCUT2D eigenvalue weighted by molar-refractivity contribution is -0.508. The Balaban J connectivity index is 1.26. The first-order chi connectivity index (χ1) is 34.4. The summed E-state index contributed by atoms with van der Waals surface area (Å²) in [5, 5.41) is 7.64. The van der Waals surface area contributed by atoms with Crippen LogP contribution in [-0.2, 0) is 5.41 Å². The lowest BCUT2D eigenvalue weighted by Gasteiger charge is -2.35.